The number of ether oxygens (including phenoxy) is 2. The van der Waals surface area contributed by atoms with Gasteiger partial charge < -0.3 is 9.47 Å². The van der Waals surface area contributed by atoms with E-state index in [1.54, 1.807) is 0 Å². The summed E-state index contributed by atoms with van der Waals surface area (Å²) in [6.07, 6.45) is 8.15. The van der Waals surface area contributed by atoms with Gasteiger partial charge in [-0.15, -0.1) is 0 Å². The fourth-order valence-electron chi connectivity index (χ4n) is 3.04. The number of hydrogen-bond donors (Lipinski definition) is 0. The number of rotatable bonds is 12. The molecule has 0 amide bonds. The number of carbonyl (C=O) groups is 1. The molecule has 140 valence electrons. The van der Waals surface area contributed by atoms with Gasteiger partial charge in [0.05, 0.1) is 19.8 Å². The highest BCUT2D eigenvalue weighted by atomic mass is 16.5. The average molecular weight is 347 g/mol. The van der Waals surface area contributed by atoms with Crippen LogP contribution in [0.4, 0.5) is 0 Å². The minimum atomic E-state index is 0.203. The summed E-state index contributed by atoms with van der Waals surface area (Å²) >= 11 is 0. The van der Waals surface area contributed by atoms with Gasteiger partial charge in [-0.05, 0) is 30.7 Å². The van der Waals surface area contributed by atoms with E-state index in [1.165, 1.54) is 32.1 Å². The van der Waals surface area contributed by atoms with Crippen LogP contribution in [0.5, 0.6) is 5.75 Å². The summed E-state index contributed by atoms with van der Waals surface area (Å²) in [4.78, 5) is 14.6. The molecule has 0 spiro atoms. The molecule has 1 aromatic rings. The zero-order chi connectivity index (χ0) is 17.7. The van der Waals surface area contributed by atoms with Gasteiger partial charge in [0, 0.05) is 31.6 Å². The first-order valence-electron chi connectivity index (χ1n) is 9.85. The number of Topliss-reactive ketones (excluding diaryl/α,β-unsaturated/α-hetero) is 1. The largest absolute Gasteiger partial charge is 0.494 e. The molecule has 0 N–H and O–H groups in total. The molecule has 0 aliphatic carbocycles. The highest BCUT2D eigenvalue weighted by molar-refractivity contribution is 5.96. The van der Waals surface area contributed by atoms with Crippen molar-refractivity contribution in [3.63, 3.8) is 0 Å². The quantitative estimate of drug-likeness (QED) is 0.417. The summed E-state index contributed by atoms with van der Waals surface area (Å²) in [5, 5.41) is 0. The number of nitrogens with zero attached hydrogens (tertiary/aromatic N) is 1. The number of benzene rings is 1. The van der Waals surface area contributed by atoms with Crippen molar-refractivity contribution < 1.29 is 14.3 Å². The fraction of sp³-hybridized carbons (Fsp3) is 0.667. The molecular formula is C21H33NO3. The maximum atomic E-state index is 12.3. The molecule has 4 nitrogen and oxygen atoms in total. The maximum absolute atomic E-state index is 12.3. The average Bonchev–Trinajstić information content (AvgIpc) is 2.67. The SMILES string of the molecule is CCCCCCCCOc1ccc(C(=O)CCN2CCOCC2)cc1. The first-order valence-corrected chi connectivity index (χ1v) is 9.85. The van der Waals surface area contributed by atoms with Crippen LogP contribution >= 0.6 is 0 Å². The minimum absolute atomic E-state index is 0.203. The third-order valence-electron chi connectivity index (χ3n) is 4.70. The van der Waals surface area contributed by atoms with Gasteiger partial charge in [0.1, 0.15) is 5.75 Å². The number of morpholine rings is 1. The first-order chi connectivity index (χ1) is 12.3. The first kappa shape index (κ1) is 19.9. The number of hydrogen-bond acceptors (Lipinski definition) is 4. The summed E-state index contributed by atoms with van der Waals surface area (Å²) in [5.74, 6) is 1.06. The van der Waals surface area contributed by atoms with Crippen LogP contribution in [0.3, 0.4) is 0 Å². The van der Waals surface area contributed by atoms with Crippen molar-refractivity contribution in [2.75, 3.05) is 39.5 Å². The lowest BCUT2D eigenvalue weighted by Crippen LogP contribution is -2.37. The Bertz CT molecular complexity index is 480. The second-order valence-corrected chi connectivity index (χ2v) is 6.77. The van der Waals surface area contributed by atoms with E-state index in [-0.39, 0.29) is 5.78 Å². The Labute approximate surface area is 152 Å². The van der Waals surface area contributed by atoms with Crippen LogP contribution in [0.2, 0.25) is 0 Å². The van der Waals surface area contributed by atoms with E-state index in [1.807, 2.05) is 24.3 Å². The minimum Gasteiger partial charge on any atom is -0.494 e. The molecule has 1 aliphatic rings. The smallest absolute Gasteiger partial charge is 0.164 e. The van der Waals surface area contributed by atoms with E-state index in [4.69, 9.17) is 9.47 Å². The fourth-order valence-corrected chi connectivity index (χ4v) is 3.04. The topological polar surface area (TPSA) is 38.8 Å². The van der Waals surface area contributed by atoms with Gasteiger partial charge in [0.2, 0.25) is 0 Å². The molecule has 0 unspecified atom stereocenters. The van der Waals surface area contributed by atoms with Crippen molar-refractivity contribution in [1.82, 2.24) is 4.90 Å². The molecule has 1 heterocycles. The highest BCUT2D eigenvalue weighted by Crippen LogP contribution is 2.15. The molecule has 0 aromatic heterocycles. The summed E-state index contributed by atoms with van der Waals surface area (Å²) < 4.78 is 11.1. The van der Waals surface area contributed by atoms with E-state index in [9.17, 15) is 4.79 Å². The van der Waals surface area contributed by atoms with E-state index in [0.29, 0.717) is 6.42 Å². The van der Waals surface area contributed by atoms with Crippen LogP contribution in [0.1, 0.15) is 62.2 Å². The second kappa shape index (κ2) is 12.0. The Balaban J connectivity index is 1.62. The lowest BCUT2D eigenvalue weighted by molar-refractivity contribution is 0.0370. The Morgan fingerprint density at radius 3 is 2.44 bits per heavy atom. The van der Waals surface area contributed by atoms with Crippen molar-refractivity contribution >= 4 is 5.78 Å². The van der Waals surface area contributed by atoms with Crippen LogP contribution < -0.4 is 4.74 Å². The molecule has 1 fully saturated rings. The lowest BCUT2D eigenvalue weighted by atomic mass is 10.1. The van der Waals surface area contributed by atoms with E-state index in [2.05, 4.69) is 11.8 Å². The molecule has 0 radical (unpaired) electrons. The van der Waals surface area contributed by atoms with Gasteiger partial charge in [0.25, 0.3) is 0 Å². The normalized spacial score (nSPS) is 15.2. The Kier molecular flexibility index (Phi) is 9.60. The molecule has 0 atom stereocenters. The van der Waals surface area contributed by atoms with Gasteiger partial charge in [-0.25, -0.2) is 0 Å². The van der Waals surface area contributed by atoms with E-state index in [0.717, 1.165) is 57.2 Å². The standard InChI is InChI=1S/C21H33NO3/c1-2-3-4-5-6-7-16-25-20-10-8-19(9-11-20)21(23)12-13-22-14-17-24-18-15-22/h8-11H,2-7,12-18H2,1H3. The third kappa shape index (κ3) is 8.02. The molecule has 1 saturated heterocycles. The Hall–Kier alpha value is -1.39. The molecular weight excluding hydrogens is 314 g/mol. The summed E-state index contributed by atoms with van der Waals surface area (Å²) in [5.41, 5.74) is 0.778. The van der Waals surface area contributed by atoms with E-state index < -0.39 is 0 Å². The molecule has 2 rings (SSSR count). The lowest BCUT2D eigenvalue weighted by Gasteiger charge is -2.26. The predicted molar refractivity (Wildman–Crippen MR) is 102 cm³/mol. The van der Waals surface area contributed by atoms with Gasteiger partial charge in [-0.3, -0.25) is 9.69 Å². The monoisotopic (exact) mass is 347 g/mol. The third-order valence-corrected chi connectivity index (χ3v) is 4.70. The van der Waals surface area contributed by atoms with Crippen LogP contribution in [0.15, 0.2) is 24.3 Å². The number of carbonyl (C=O) groups excluding carboxylic acids is 1. The molecule has 1 aliphatic heterocycles. The van der Waals surface area contributed by atoms with Gasteiger partial charge in [-0.1, -0.05) is 39.0 Å². The Morgan fingerprint density at radius 2 is 1.72 bits per heavy atom. The van der Waals surface area contributed by atoms with Gasteiger partial charge in [-0.2, -0.15) is 0 Å². The van der Waals surface area contributed by atoms with Crippen LogP contribution in [-0.2, 0) is 4.74 Å². The molecule has 4 heteroatoms. The predicted octanol–water partition coefficient (Wildman–Crippen LogP) is 4.33. The van der Waals surface area contributed by atoms with Crippen molar-refractivity contribution in [3.05, 3.63) is 29.8 Å². The van der Waals surface area contributed by atoms with E-state index >= 15 is 0 Å². The summed E-state index contributed by atoms with van der Waals surface area (Å²) in [7, 11) is 0. The second-order valence-electron chi connectivity index (χ2n) is 6.77. The molecule has 1 aromatic carbocycles. The Morgan fingerprint density at radius 1 is 1.04 bits per heavy atom. The zero-order valence-electron chi connectivity index (χ0n) is 15.7. The molecule has 25 heavy (non-hydrogen) atoms. The van der Waals surface area contributed by atoms with Crippen LogP contribution in [-0.4, -0.2) is 50.1 Å². The molecule has 0 saturated carbocycles. The maximum Gasteiger partial charge on any atom is 0.164 e. The highest BCUT2D eigenvalue weighted by Gasteiger charge is 2.13. The summed E-state index contributed by atoms with van der Waals surface area (Å²) in [6, 6.07) is 7.61. The van der Waals surface area contributed by atoms with Crippen LogP contribution in [0.25, 0.3) is 0 Å². The number of ketones is 1. The van der Waals surface area contributed by atoms with Crippen molar-refractivity contribution in [3.8, 4) is 5.75 Å². The van der Waals surface area contributed by atoms with Crippen LogP contribution in [0, 0.1) is 0 Å². The van der Waals surface area contributed by atoms with Crippen molar-refractivity contribution in [2.24, 2.45) is 0 Å². The van der Waals surface area contributed by atoms with Gasteiger partial charge in [0.15, 0.2) is 5.78 Å². The van der Waals surface area contributed by atoms with Crippen molar-refractivity contribution in [2.45, 2.75) is 51.9 Å². The molecule has 0 bridgehead atoms. The summed E-state index contributed by atoms with van der Waals surface area (Å²) in [6.45, 7) is 7.23. The van der Waals surface area contributed by atoms with Crippen molar-refractivity contribution in [1.29, 1.82) is 0 Å². The zero-order valence-corrected chi connectivity index (χ0v) is 15.7. The number of unbranched alkanes of at least 4 members (excludes halogenated alkanes) is 5. The van der Waals surface area contributed by atoms with Gasteiger partial charge >= 0.3 is 0 Å².